The van der Waals surface area contributed by atoms with Gasteiger partial charge >= 0.3 is 0 Å². The van der Waals surface area contributed by atoms with E-state index in [4.69, 9.17) is 4.74 Å². The Morgan fingerprint density at radius 1 is 1.50 bits per heavy atom. The second-order valence-electron chi connectivity index (χ2n) is 4.20. The molecule has 1 aliphatic carbocycles. The fourth-order valence-electron chi connectivity index (χ4n) is 1.92. The lowest BCUT2D eigenvalue weighted by Gasteiger charge is -2.34. The SMILES string of the molecule is CCCNCc1nnnn1C1CC(OC)C1. The van der Waals surface area contributed by atoms with E-state index < -0.39 is 0 Å². The van der Waals surface area contributed by atoms with Crippen molar-refractivity contribution in [2.75, 3.05) is 13.7 Å². The van der Waals surface area contributed by atoms with Gasteiger partial charge in [0.05, 0.1) is 18.7 Å². The van der Waals surface area contributed by atoms with E-state index in [0.717, 1.165) is 38.2 Å². The fourth-order valence-corrected chi connectivity index (χ4v) is 1.92. The molecule has 1 heterocycles. The Balaban J connectivity index is 1.87. The van der Waals surface area contributed by atoms with Crippen molar-refractivity contribution in [3.63, 3.8) is 0 Å². The van der Waals surface area contributed by atoms with Crippen LogP contribution < -0.4 is 5.32 Å². The first-order chi connectivity index (χ1) is 7.85. The molecule has 1 aromatic heterocycles. The standard InChI is InChI=1S/C10H19N5O/c1-3-4-11-7-10-12-13-14-15(10)8-5-9(6-8)16-2/h8-9,11H,3-7H2,1-2H3. The quantitative estimate of drug-likeness (QED) is 0.715. The van der Waals surface area contributed by atoms with E-state index >= 15 is 0 Å². The summed E-state index contributed by atoms with van der Waals surface area (Å²) < 4.78 is 7.18. The normalized spacial score (nSPS) is 24.4. The van der Waals surface area contributed by atoms with Crippen molar-refractivity contribution in [1.82, 2.24) is 25.5 Å². The number of nitrogens with zero attached hydrogens (tertiary/aromatic N) is 4. The molecule has 1 N–H and O–H groups in total. The molecular formula is C10H19N5O. The lowest BCUT2D eigenvalue weighted by atomic mass is 9.89. The topological polar surface area (TPSA) is 64.9 Å². The lowest BCUT2D eigenvalue weighted by Crippen LogP contribution is -2.34. The van der Waals surface area contributed by atoms with Crippen molar-refractivity contribution >= 4 is 0 Å². The van der Waals surface area contributed by atoms with Crippen molar-refractivity contribution in [3.8, 4) is 0 Å². The Kier molecular flexibility index (Phi) is 3.84. The molecule has 1 aliphatic rings. The summed E-state index contributed by atoms with van der Waals surface area (Å²) in [7, 11) is 1.75. The molecule has 0 amide bonds. The van der Waals surface area contributed by atoms with Crippen LogP contribution in [0.1, 0.15) is 38.1 Å². The van der Waals surface area contributed by atoms with E-state index in [9.17, 15) is 0 Å². The van der Waals surface area contributed by atoms with Gasteiger partial charge in [-0.05, 0) is 36.2 Å². The molecule has 6 heteroatoms. The first-order valence-electron chi connectivity index (χ1n) is 5.85. The molecule has 0 saturated heterocycles. The van der Waals surface area contributed by atoms with Crippen LogP contribution >= 0.6 is 0 Å². The summed E-state index contributed by atoms with van der Waals surface area (Å²) in [5.41, 5.74) is 0. The minimum atomic E-state index is 0.380. The maximum absolute atomic E-state index is 5.26. The van der Waals surface area contributed by atoms with Gasteiger partial charge in [-0.25, -0.2) is 4.68 Å². The first kappa shape index (κ1) is 11.5. The number of methoxy groups -OCH3 is 1. The van der Waals surface area contributed by atoms with Crippen LogP contribution in [-0.2, 0) is 11.3 Å². The van der Waals surface area contributed by atoms with Crippen LogP contribution in [0.2, 0.25) is 0 Å². The number of aromatic nitrogens is 4. The summed E-state index contributed by atoms with van der Waals surface area (Å²) in [6, 6.07) is 0.415. The van der Waals surface area contributed by atoms with Crippen LogP contribution in [-0.4, -0.2) is 40.0 Å². The van der Waals surface area contributed by atoms with E-state index in [1.54, 1.807) is 7.11 Å². The maximum atomic E-state index is 5.26. The number of ether oxygens (including phenoxy) is 1. The third-order valence-corrected chi connectivity index (χ3v) is 3.02. The predicted octanol–water partition coefficient (Wildman–Crippen LogP) is 0.523. The van der Waals surface area contributed by atoms with E-state index in [1.165, 1.54) is 0 Å². The van der Waals surface area contributed by atoms with Gasteiger partial charge in [0.2, 0.25) is 0 Å². The molecule has 0 aliphatic heterocycles. The van der Waals surface area contributed by atoms with E-state index in [2.05, 4.69) is 27.8 Å². The molecule has 6 nitrogen and oxygen atoms in total. The third kappa shape index (κ3) is 2.38. The molecular weight excluding hydrogens is 206 g/mol. The van der Waals surface area contributed by atoms with Gasteiger partial charge in [-0.2, -0.15) is 0 Å². The van der Waals surface area contributed by atoms with Crippen LogP contribution in [0.3, 0.4) is 0 Å². The second kappa shape index (κ2) is 5.36. The summed E-state index contributed by atoms with van der Waals surface area (Å²) in [5.74, 6) is 0.924. The molecule has 0 atom stereocenters. The fraction of sp³-hybridized carbons (Fsp3) is 0.900. The Labute approximate surface area is 95.4 Å². The molecule has 0 aromatic carbocycles. The summed E-state index contributed by atoms with van der Waals surface area (Å²) in [4.78, 5) is 0. The van der Waals surface area contributed by atoms with E-state index in [-0.39, 0.29) is 0 Å². The van der Waals surface area contributed by atoms with Crippen LogP contribution in [0.4, 0.5) is 0 Å². The highest BCUT2D eigenvalue weighted by Gasteiger charge is 2.32. The molecule has 0 spiro atoms. The molecule has 2 rings (SSSR count). The highest BCUT2D eigenvalue weighted by Crippen LogP contribution is 2.33. The Bertz CT molecular complexity index is 321. The van der Waals surface area contributed by atoms with Gasteiger partial charge in [0.25, 0.3) is 0 Å². The Morgan fingerprint density at radius 2 is 2.31 bits per heavy atom. The lowest BCUT2D eigenvalue weighted by molar-refractivity contribution is 0.000955. The van der Waals surface area contributed by atoms with Crippen molar-refractivity contribution < 1.29 is 4.74 Å². The zero-order chi connectivity index (χ0) is 11.4. The number of tetrazole rings is 1. The summed E-state index contributed by atoms with van der Waals surface area (Å²) >= 11 is 0. The van der Waals surface area contributed by atoms with Crippen molar-refractivity contribution in [2.45, 2.75) is 44.9 Å². The molecule has 1 aromatic rings. The number of hydrogen-bond donors (Lipinski definition) is 1. The van der Waals surface area contributed by atoms with E-state index in [0.29, 0.717) is 12.1 Å². The molecule has 0 bridgehead atoms. The van der Waals surface area contributed by atoms with Crippen LogP contribution in [0, 0.1) is 0 Å². The average molecular weight is 225 g/mol. The number of rotatable bonds is 6. The minimum Gasteiger partial charge on any atom is -0.381 e. The van der Waals surface area contributed by atoms with Crippen LogP contribution in [0.15, 0.2) is 0 Å². The monoisotopic (exact) mass is 225 g/mol. The minimum absolute atomic E-state index is 0.380. The maximum Gasteiger partial charge on any atom is 0.165 e. The van der Waals surface area contributed by atoms with Gasteiger partial charge in [-0.15, -0.1) is 5.10 Å². The molecule has 1 saturated carbocycles. The second-order valence-corrected chi connectivity index (χ2v) is 4.20. The highest BCUT2D eigenvalue weighted by atomic mass is 16.5. The van der Waals surface area contributed by atoms with E-state index in [1.807, 2.05) is 4.68 Å². The van der Waals surface area contributed by atoms with Crippen molar-refractivity contribution in [3.05, 3.63) is 5.82 Å². The third-order valence-electron chi connectivity index (χ3n) is 3.02. The molecule has 1 fully saturated rings. The Morgan fingerprint density at radius 3 is 3.00 bits per heavy atom. The van der Waals surface area contributed by atoms with Gasteiger partial charge in [-0.1, -0.05) is 6.92 Å². The largest absolute Gasteiger partial charge is 0.381 e. The van der Waals surface area contributed by atoms with Gasteiger partial charge in [0, 0.05) is 7.11 Å². The zero-order valence-electron chi connectivity index (χ0n) is 9.89. The first-order valence-corrected chi connectivity index (χ1v) is 5.85. The summed E-state index contributed by atoms with van der Waals surface area (Å²) in [6.07, 6.45) is 3.53. The smallest absolute Gasteiger partial charge is 0.165 e. The Hall–Kier alpha value is -1.01. The number of hydrogen-bond acceptors (Lipinski definition) is 5. The average Bonchev–Trinajstić information content (AvgIpc) is 2.65. The summed E-state index contributed by atoms with van der Waals surface area (Å²) in [5, 5.41) is 15.1. The van der Waals surface area contributed by atoms with Crippen molar-refractivity contribution in [2.24, 2.45) is 0 Å². The highest BCUT2D eigenvalue weighted by molar-refractivity contribution is 4.91. The van der Waals surface area contributed by atoms with Gasteiger partial charge < -0.3 is 10.1 Å². The number of nitrogens with one attached hydrogen (secondary N) is 1. The van der Waals surface area contributed by atoms with Crippen LogP contribution in [0.25, 0.3) is 0 Å². The van der Waals surface area contributed by atoms with Gasteiger partial charge in [-0.3, -0.25) is 0 Å². The molecule has 90 valence electrons. The molecule has 0 unspecified atom stereocenters. The van der Waals surface area contributed by atoms with Gasteiger partial charge in [0.1, 0.15) is 0 Å². The zero-order valence-corrected chi connectivity index (χ0v) is 9.89. The van der Waals surface area contributed by atoms with Gasteiger partial charge in [0.15, 0.2) is 5.82 Å². The summed E-state index contributed by atoms with van der Waals surface area (Å²) in [6.45, 7) is 3.89. The van der Waals surface area contributed by atoms with Crippen LogP contribution in [0.5, 0.6) is 0 Å². The molecule has 16 heavy (non-hydrogen) atoms. The van der Waals surface area contributed by atoms with Crippen molar-refractivity contribution in [1.29, 1.82) is 0 Å². The molecule has 0 radical (unpaired) electrons. The predicted molar refractivity (Wildman–Crippen MR) is 58.9 cm³/mol.